The van der Waals surface area contributed by atoms with Crippen LogP contribution in [0.3, 0.4) is 0 Å². The first-order chi connectivity index (χ1) is 54.8. The van der Waals surface area contributed by atoms with Crippen LogP contribution in [-0.4, -0.2) is 194 Å². The normalized spacial score (nSPS) is 12.2. The Labute approximate surface area is 667 Å². The highest BCUT2D eigenvalue weighted by molar-refractivity contribution is 5.86. The molecule has 114 heavy (non-hydrogen) atoms. The molecule has 3 aromatic rings. The summed E-state index contributed by atoms with van der Waals surface area (Å²) in [6, 6.07) is 10.8. The molecule has 0 spiro atoms. The molecule has 0 aliphatic heterocycles. The van der Waals surface area contributed by atoms with Crippen LogP contribution >= 0.6 is 0 Å². The molecule has 0 aliphatic rings. The van der Waals surface area contributed by atoms with Crippen LogP contribution in [0.25, 0.3) is 0 Å². The first-order valence-corrected chi connectivity index (χ1v) is 40.1. The minimum atomic E-state index is -1.12. The van der Waals surface area contributed by atoms with Crippen LogP contribution in [0.4, 0.5) is 14.4 Å². The summed E-state index contributed by atoms with van der Waals surface area (Å²) in [7, 11) is 0. The second kappa shape index (κ2) is 58.5. The highest BCUT2D eigenvalue weighted by Crippen LogP contribution is 2.30. The van der Waals surface area contributed by atoms with Crippen LogP contribution in [-0.2, 0) is 105 Å². The number of carbonyl (C=O) groups excluding carboxylic acids is 12. The number of Topliss-reactive ketones (excluding diaryl/α,β-unsaturated/α-hetero) is 1. The van der Waals surface area contributed by atoms with Gasteiger partial charge in [-0.15, -0.1) is 0 Å². The second-order valence-corrected chi connectivity index (χ2v) is 27.9. The van der Waals surface area contributed by atoms with Crippen molar-refractivity contribution < 1.29 is 131 Å². The fraction of sp³-hybridized carbons (Fsp3) is 0.634. The number of urea groups is 1. The number of benzene rings is 3. The van der Waals surface area contributed by atoms with Crippen molar-refractivity contribution in [3.63, 3.8) is 0 Å². The van der Waals surface area contributed by atoms with Crippen molar-refractivity contribution in [3.05, 3.63) is 71.3 Å². The van der Waals surface area contributed by atoms with Gasteiger partial charge < -0.3 is 99.9 Å². The van der Waals surface area contributed by atoms with E-state index >= 15 is 0 Å². The summed E-state index contributed by atoms with van der Waals surface area (Å²) in [5.41, 5.74) is 1.06. The van der Waals surface area contributed by atoms with E-state index in [1.54, 1.807) is 45.9 Å². The number of hydrogen-bond acceptors (Lipinski definition) is 27. The Bertz CT molecular complexity index is 3080. The van der Waals surface area contributed by atoms with Crippen molar-refractivity contribution in [2.75, 3.05) is 79.1 Å². The summed E-state index contributed by atoms with van der Waals surface area (Å²) in [5, 5.41) is 71.2. The standard InChI is InChI=1S/C82H123N5O27/c1-5-82(55-112-73(97)35-15-10-22-48-109-72(96)34-14-9-13-29-61(76(100)106-6-2)54-62(88)30-25-27-58-38-41-65(89)68(92)51-58,56-113-74(98)36-16-11-23-49-110-80(104)84-45-20-18-31-63(77(101)107-7-3)86-71(95)33-26-28-59-39-42-66(90)69(93)52-59)57-114-75(99)37-17-12-24-50-111-81(105)85-46-21-19-32-64(78(102)108-8-4)87-79(103)83-47-44-60-40-43-67(91)70(94)53-60/h38-43,51-53,61,63-64,89-94H,5-37,44-50,54-57H2,1-4H3,(H,84,104)(H,85,105)(H,86,95)(H2,83,87,103). The fourth-order valence-electron chi connectivity index (χ4n) is 11.7. The molecule has 0 radical (unpaired) electrons. The first kappa shape index (κ1) is 97.9. The number of alkyl carbamates (subject to hydrolysis) is 2. The topological polar surface area (TPSA) is 469 Å². The molecule has 3 rings (SSSR count). The van der Waals surface area contributed by atoms with Crippen LogP contribution in [0, 0.1) is 11.3 Å². The summed E-state index contributed by atoms with van der Waals surface area (Å²) in [5.74, 6) is -6.22. The van der Waals surface area contributed by atoms with E-state index < -0.39 is 77.5 Å². The molecule has 5 amide bonds. The van der Waals surface area contributed by atoms with Gasteiger partial charge in [0.2, 0.25) is 5.91 Å². The maximum atomic E-state index is 13.2. The van der Waals surface area contributed by atoms with Crippen molar-refractivity contribution >= 4 is 71.7 Å². The Morgan fingerprint density at radius 3 is 1.17 bits per heavy atom. The van der Waals surface area contributed by atoms with Gasteiger partial charge in [-0.2, -0.15) is 0 Å². The molecule has 0 fully saturated rings. The number of amides is 5. The second-order valence-electron chi connectivity index (χ2n) is 27.9. The molecule has 0 aliphatic carbocycles. The lowest BCUT2D eigenvalue weighted by Crippen LogP contribution is -2.47. The summed E-state index contributed by atoms with van der Waals surface area (Å²) in [6.45, 7) is 7.35. The lowest BCUT2D eigenvalue weighted by atomic mass is 9.88. The van der Waals surface area contributed by atoms with E-state index in [0.717, 1.165) is 11.1 Å². The minimum Gasteiger partial charge on any atom is -0.504 e. The predicted molar refractivity (Wildman–Crippen MR) is 416 cm³/mol. The Kier molecular flexibility index (Phi) is 50.3. The predicted octanol–water partition coefficient (Wildman–Crippen LogP) is 10.9. The number of carbonyl (C=O) groups is 12. The van der Waals surface area contributed by atoms with Gasteiger partial charge in [0, 0.05) is 64.6 Å². The molecular weight excluding hydrogens is 1490 g/mol. The van der Waals surface area contributed by atoms with Crippen LogP contribution in [0.2, 0.25) is 0 Å². The van der Waals surface area contributed by atoms with Crippen molar-refractivity contribution in [1.82, 2.24) is 26.6 Å². The Morgan fingerprint density at radius 1 is 0.351 bits per heavy atom. The van der Waals surface area contributed by atoms with Crippen LogP contribution in [0.5, 0.6) is 34.5 Å². The number of phenols is 6. The van der Waals surface area contributed by atoms with E-state index in [2.05, 4.69) is 26.6 Å². The average Bonchev–Trinajstić information content (AvgIpc) is 0.853. The lowest BCUT2D eigenvalue weighted by Gasteiger charge is -2.31. The van der Waals surface area contributed by atoms with Gasteiger partial charge in [0.1, 0.15) is 37.7 Å². The summed E-state index contributed by atoms with van der Waals surface area (Å²) < 4.78 is 48.7. The van der Waals surface area contributed by atoms with Gasteiger partial charge >= 0.3 is 60.0 Å². The summed E-state index contributed by atoms with van der Waals surface area (Å²) in [4.78, 5) is 153. The zero-order chi connectivity index (χ0) is 83.7. The van der Waals surface area contributed by atoms with Gasteiger partial charge in [0.05, 0.1) is 51.0 Å². The summed E-state index contributed by atoms with van der Waals surface area (Å²) >= 11 is 0. The maximum Gasteiger partial charge on any atom is 0.407 e. The molecule has 0 saturated heterocycles. The number of ketones is 1. The van der Waals surface area contributed by atoms with Crippen molar-refractivity contribution in [2.24, 2.45) is 11.3 Å². The van der Waals surface area contributed by atoms with E-state index in [-0.39, 0.29) is 195 Å². The molecule has 4 atom stereocenters. The molecule has 11 N–H and O–H groups in total. The molecular formula is C82H123N5O27. The number of unbranched alkanes of at least 4 members (excludes halogenated alkanes) is 10. The van der Waals surface area contributed by atoms with E-state index in [1.807, 2.05) is 0 Å². The highest BCUT2D eigenvalue weighted by Gasteiger charge is 2.35. The van der Waals surface area contributed by atoms with Crippen LogP contribution in [0.1, 0.15) is 231 Å². The van der Waals surface area contributed by atoms with Gasteiger partial charge in [-0.05, 0) is 222 Å². The zero-order valence-electron chi connectivity index (χ0n) is 66.8. The molecule has 0 aromatic heterocycles. The molecule has 638 valence electrons. The third kappa shape index (κ3) is 44.8. The van der Waals surface area contributed by atoms with Gasteiger partial charge in [-0.3, -0.25) is 33.6 Å². The number of rotatable bonds is 62. The highest BCUT2D eigenvalue weighted by atomic mass is 16.6. The smallest absolute Gasteiger partial charge is 0.407 e. The molecule has 32 heteroatoms. The van der Waals surface area contributed by atoms with Gasteiger partial charge in [-0.25, -0.2) is 24.0 Å². The molecule has 32 nitrogen and oxygen atoms in total. The number of aryl methyl sites for hydroxylation is 2. The minimum absolute atomic E-state index is 0.00807. The third-order valence-electron chi connectivity index (χ3n) is 18.5. The maximum absolute atomic E-state index is 13.2. The average molecular weight is 1610 g/mol. The van der Waals surface area contributed by atoms with E-state index in [4.69, 9.17) is 42.6 Å². The van der Waals surface area contributed by atoms with Crippen LogP contribution in [0.15, 0.2) is 54.6 Å². The molecule has 0 bridgehead atoms. The number of nitrogens with one attached hydrogen (secondary N) is 5. The van der Waals surface area contributed by atoms with Gasteiger partial charge in [0.25, 0.3) is 0 Å². The van der Waals surface area contributed by atoms with Crippen molar-refractivity contribution in [1.29, 1.82) is 0 Å². The lowest BCUT2D eigenvalue weighted by molar-refractivity contribution is -0.163. The molecule has 4 unspecified atom stereocenters. The van der Waals surface area contributed by atoms with E-state index in [1.165, 1.54) is 36.4 Å². The third-order valence-corrected chi connectivity index (χ3v) is 18.5. The quantitative estimate of drug-likeness (QED) is 0.0108. The van der Waals surface area contributed by atoms with Gasteiger partial charge in [-0.1, -0.05) is 38.0 Å². The van der Waals surface area contributed by atoms with Crippen LogP contribution < -0.4 is 26.6 Å². The SMILES string of the molecule is CCOC(=O)C(CCCCCC(=O)OCCCCCC(=O)OCC(CC)(COC(=O)CCCCCOC(=O)NCCCCC(NC(=O)CCCc1ccc(O)c(O)c1)C(=O)OCC)COC(=O)CCCCCOC(=O)NCCCCC(NC(=O)NCCc1ccc(O)c(O)c1)C(=O)OCC)CC(=O)CCCc1ccc(O)c(O)c1. The van der Waals surface area contributed by atoms with Gasteiger partial charge in [0.15, 0.2) is 34.5 Å². The Morgan fingerprint density at radius 2 is 0.737 bits per heavy atom. The van der Waals surface area contributed by atoms with Crippen molar-refractivity contribution in [3.8, 4) is 34.5 Å². The van der Waals surface area contributed by atoms with Crippen molar-refractivity contribution in [2.45, 2.75) is 245 Å². The Balaban J connectivity index is 1.41. The van der Waals surface area contributed by atoms with E-state index in [0.29, 0.717) is 147 Å². The number of hydrogen-bond donors (Lipinski definition) is 11. The van der Waals surface area contributed by atoms with E-state index in [9.17, 15) is 88.2 Å². The summed E-state index contributed by atoms with van der Waals surface area (Å²) in [6.07, 6.45) is 10.3. The zero-order valence-corrected chi connectivity index (χ0v) is 66.8. The number of ether oxygens (including phenoxy) is 9. The Hall–Kier alpha value is -10.3. The number of esters is 7. The molecule has 0 heterocycles. The number of phenolic OH excluding ortho intramolecular Hbond substituents is 6. The fourth-order valence-corrected chi connectivity index (χ4v) is 11.7. The number of aromatic hydroxyl groups is 6. The monoisotopic (exact) mass is 1610 g/mol. The molecule has 0 saturated carbocycles. The first-order valence-electron chi connectivity index (χ1n) is 40.1. The molecule has 3 aromatic carbocycles. The largest absolute Gasteiger partial charge is 0.504 e.